The first kappa shape index (κ1) is 17.1. The van der Waals surface area contributed by atoms with Crippen LogP contribution in [0.1, 0.15) is 33.9 Å². The minimum absolute atomic E-state index is 0.0174. The topological polar surface area (TPSA) is 83.6 Å². The number of carbonyl (C=O) groups excluding carboxylic acids is 2. The van der Waals surface area contributed by atoms with E-state index in [-0.39, 0.29) is 30.7 Å². The molecule has 130 valence electrons. The van der Waals surface area contributed by atoms with Crippen molar-refractivity contribution in [2.45, 2.75) is 25.0 Å². The molecule has 0 aliphatic carbocycles. The van der Waals surface area contributed by atoms with Gasteiger partial charge in [0.1, 0.15) is 5.82 Å². The van der Waals surface area contributed by atoms with Gasteiger partial charge in [-0.15, -0.1) is 0 Å². The highest BCUT2D eigenvalue weighted by molar-refractivity contribution is 5.95. The summed E-state index contributed by atoms with van der Waals surface area (Å²) in [6.45, 7) is 0.208. The van der Waals surface area contributed by atoms with Crippen LogP contribution in [0.25, 0.3) is 0 Å². The second-order valence-corrected chi connectivity index (χ2v) is 6.20. The normalized spacial score (nSPS) is 19.8. The van der Waals surface area contributed by atoms with E-state index >= 15 is 0 Å². The Bertz CT molecular complexity index is 792. The third-order valence-corrected chi connectivity index (χ3v) is 4.48. The van der Waals surface area contributed by atoms with Crippen LogP contribution in [0.4, 0.5) is 4.39 Å². The third-order valence-electron chi connectivity index (χ3n) is 4.48. The largest absolute Gasteiger partial charge is 0.391 e. The number of hydrogen-bond acceptors (Lipinski definition) is 3. The fourth-order valence-corrected chi connectivity index (χ4v) is 3.27. The molecule has 1 saturated heterocycles. The number of nitrogens with two attached hydrogens (primary N) is 1. The molecule has 2 amide bonds. The van der Waals surface area contributed by atoms with Crippen LogP contribution in [-0.4, -0.2) is 34.5 Å². The third kappa shape index (κ3) is 3.69. The van der Waals surface area contributed by atoms with Crippen molar-refractivity contribution in [3.63, 3.8) is 0 Å². The maximum atomic E-state index is 13.1. The average Bonchev–Trinajstić information content (AvgIpc) is 2.98. The van der Waals surface area contributed by atoms with Crippen molar-refractivity contribution in [1.29, 1.82) is 0 Å². The SMILES string of the molecule is NC(=O)c1ccccc1CC(=O)N1C[C@H](O)C[C@H]1c1ccc(F)cc1. The van der Waals surface area contributed by atoms with E-state index in [4.69, 9.17) is 5.73 Å². The highest BCUT2D eigenvalue weighted by Crippen LogP contribution is 2.33. The maximum Gasteiger partial charge on any atom is 0.248 e. The number of aliphatic hydroxyl groups is 1. The van der Waals surface area contributed by atoms with Crippen molar-refractivity contribution in [2.24, 2.45) is 5.73 Å². The Morgan fingerprint density at radius 2 is 1.84 bits per heavy atom. The Morgan fingerprint density at radius 3 is 2.52 bits per heavy atom. The Kier molecular flexibility index (Phi) is 4.81. The standard InChI is InChI=1S/C19H19FN2O3/c20-14-7-5-12(6-8-14)17-10-15(23)11-22(17)18(24)9-13-3-1-2-4-16(13)19(21)25/h1-8,15,17,23H,9-11H2,(H2,21,25)/t15-,17+/m1/s1. The van der Waals surface area contributed by atoms with Gasteiger partial charge in [-0.05, 0) is 35.7 Å². The number of likely N-dealkylation sites (tertiary alicyclic amines) is 1. The van der Waals surface area contributed by atoms with Gasteiger partial charge in [-0.1, -0.05) is 30.3 Å². The summed E-state index contributed by atoms with van der Waals surface area (Å²) in [7, 11) is 0. The fraction of sp³-hybridized carbons (Fsp3) is 0.263. The van der Waals surface area contributed by atoms with Crippen LogP contribution >= 0.6 is 0 Å². The van der Waals surface area contributed by atoms with Gasteiger partial charge in [0, 0.05) is 12.1 Å². The molecule has 2 atom stereocenters. The number of benzene rings is 2. The van der Waals surface area contributed by atoms with E-state index < -0.39 is 12.0 Å². The molecule has 0 aromatic heterocycles. The highest BCUT2D eigenvalue weighted by Gasteiger charge is 2.35. The molecule has 0 bridgehead atoms. The molecule has 1 aliphatic rings. The summed E-state index contributed by atoms with van der Waals surface area (Å²) in [5, 5.41) is 10.0. The lowest BCUT2D eigenvalue weighted by molar-refractivity contribution is -0.131. The van der Waals surface area contributed by atoms with Crippen LogP contribution in [-0.2, 0) is 11.2 Å². The van der Waals surface area contributed by atoms with Crippen molar-refractivity contribution in [3.8, 4) is 0 Å². The molecule has 5 nitrogen and oxygen atoms in total. The summed E-state index contributed by atoms with van der Waals surface area (Å²) >= 11 is 0. The molecule has 25 heavy (non-hydrogen) atoms. The lowest BCUT2D eigenvalue weighted by Gasteiger charge is -2.25. The van der Waals surface area contributed by atoms with Gasteiger partial charge in [0.05, 0.1) is 18.6 Å². The minimum Gasteiger partial charge on any atom is -0.391 e. The molecule has 0 saturated carbocycles. The molecule has 0 spiro atoms. The van der Waals surface area contributed by atoms with Crippen LogP contribution in [0.15, 0.2) is 48.5 Å². The Balaban J connectivity index is 1.83. The summed E-state index contributed by atoms with van der Waals surface area (Å²) < 4.78 is 13.1. The van der Waals surface area contributed by atoms with Crippen molar-refractivity contribution in [3.05, 3.63) is 71.0 Å². The molecule has 0 radical (unpaired) electrons. The van der Waals surface area contributed by atoms with Crippen LogP contribution in [0.2, 0.25) is 0 Å². The molecule has 2 aromatic rings. The molecule has 0 unspecified atom stereocenters. The minimum atomic E-state index is -0.634. The number of primary amides is 1. The summed E-state index contributed by atoms with van der Waals surface area (Å²) in [5.74, 6) is -1.14. The molecule has 1 aliphatic heterocycles. The van der Waals surface area contributed by atoms with Gasteiger partial charge >= 0.3 is 0 Å². The van der Waals surface area contributed by atoms with E-state index in [0.29, 0.717) is 17.5 Å². The van der Waals surface area contributed by atoms with Crippen molar-refractivity contribution < 1.29 is 19.1 Å². The number of carbonyl (C=O) groups is 2. The maximum absolute atomic E-state index is 13.1. The van der Waals surface area contributed by atoms with Gasteiger partial charge in [-0.25, -0.2) is 4.39 Å². The van der Waals surface area contributed by atoms with E-state index in [9.17, 15) is 19.1 Å². The zero-order chi connectivity index (χ0) is 18.0. The van der Waals surface area contributed by atoms with E-state index in [1.54, 1.807) is 41.3 Å². The summed E-state index contributed by atoms with van der Waals surface area (Å²) in [6.07, 6.45) is -0.219. The van der Waals surface area contributed by atoms with Crippen LogP contribution < -0.4 is 5.73 Å². The Labute approximate surface area is 144 Å². The van der Waals surface area contributed by atoms with E-state index in [1.807, 2.05) is 0 Å². The Hall–Kier alpha value is -2.73. The van der Waals surface area contributed by atoms with Gasteiger partial charge in [0.15, 0.2) is 0 Å². The lowest BCUT2D eigenvalue weighted by Crippen LogP contribution is -2.33. The predicted molar refractivity (Wildman–Crippen MR) is 90.1 cm³/mol. The summed E-state index contributed by atoms with van der Waals surface area (Å²) in [6, 6.07) is 12.3. The molecular formula is C19H19FN2O3. The lowest BCUT2D eigenvalue weighted by atomic mass is 10.0. The number of rotatable bonds is 4. The van der Waals surface area contributed by atoms with Gasteiger partial charge in [0.2, 0.25) is 11.8 Å². The van der Waals surface area contributed by atoms with Crippen LogP contribution in [0.3, 0.4) is 0 Å². The summed E-state index contributed by atoms with van der Waals surface area (Å²) in [5.41, 5.74) is 7.00. The number of nitrogens with zero attached hydrogens (tertiary/aromatic N) is 1. The van der Waals surface area contributed by atoms with E-state index in [1.165, 1.54) is 12.1 Å². The molecule has 6 heteroatoms. The number of halogens is 1. The zero-order valence-electron chi connectivity index (χ0n) is 13.6. The van der Waals surface area contributed by atoms with Gasteiger partial charge in [-0.2, -0.15) is 0 Å². The smallest absolute Gasteiger partial charge is 0.248 e. The highest BCUT2D eigenvalue weighted by atomic mass is 19.1. The summed E-state index contributed by atoms with van der Waals surface area (Å²) in [4.78, 5) is 25.9. The first-order valence-electron chi connectivity index (χ1n) is 8.06. The van der Waals surface area contributed by atoms with Crippen molar-refractivity contribution in [1.82, 2.24) is 4.90 Å². The van der Waals surface area contributed by atoms with Gasteiger partial charge < -0.3 is 15.7 Å². The molecule has 1 heterocycles. The monoisotopic (exact) mass is 342 g/mol. The fourth-order valence-electron chi connectivity index (χ4n) is 3.27. The molecule has 3 rings (SSSR count). The predicted octanol–water partition coefficient (Wildman–Crippen LogP) is 1.80. The Morgan fingerprint density at radius 1 is 1.16 bits per heavy atom. The quantitative estimate of drug-likeness (QED) is 0.889. The molecule has 1 fully saturated rings. The number of amides is 2. The number of β-amino-alcohol motifs (C(OH)–C–C–N with tert-alkyl or cyclic N) is 1. The average molecular weight is 342 g/mol. The second-order valence-electron chi connectivity index (χ2n) is 6.20. The first-order chi connectivity index (χ1) is 12.0. The van der Waals surface area contributed by atoms with Gasteiger partial charge in [-0.3, -0.25) is 9.59 Å². The van der Waals surface area contributed by atoms with Crippen LogP contribution in [0.5, 0.6) is 0 Å². The van der Waals surface area contributed by atoms with E-state index in [0.717, 1.165) is 5.56 Å². The number of hydrogen-bond donors (Lipinski definition) is 2. The second kappa shape index (κ2) is 7.03. The van der Waals surface area contributed by atoms with Crippen molar-refractivity contribution >= 4 is 11.8 Å². The van der Waals surface area contributed by atoms with E-state index in [2.05, 4.69) is 0 Å². The van der Waals surface area contributed by atoms with Crippen molar-refractivity contribution in [2.75, 3.05) is 6.54 Å². The van der Waals surface area contributed by atoms with Gasteiger partial charge in [0.25, 0.3) is 0 Å². The first-order valence-corrected chi connectivity index (χ1v) is 8.06. The molecular weight excluding hydrogens is 323 g/mol. The number of aliphatic hydroxyl groups excluding tert-OH is 1. The molecule has 2 aromatic carbocycles. The molecule has 3 N–H and O–H groups in total. The zero-order valence-corrected chi connectivity index (χ0v) is 13.6. The van der Waals surface area contributed by atoms with Crippen LogP contribution in [0, 0.1) is 5.82 Å².